The van der Waals surface area contributed by atoms with Gasteiger partial charge in [0.1, 0.15) is 0 Å². The summed E-state index contributed by atoms with van der Waals surface area (Å²) in [6.07, 6.45) is 5.55. The zero-order valence-electron chi connectivity index (χ0n) is 10.6. The number of rotatable bonds is 4. The highest BCUT2D eigenvalue weighted by Gasteiger charge is 2.44. The fraction of sp³-hybridized carbons (Fsp3) is 1.00. The molecule has 1 heterocycles. The summed E-state index contributed by atoms with van der Waals surface area (Å²) >= 11 is 0. The van der Waals surface area contributed by atoms with E-state index < -0.39 is 0 Å². The van der Waals surface area contributed by atoms with Crippen LogP contribution >= 0.6 is 0 Å². The molecule has 2 unspecified atom stereocenters. The molecule has 1 saturated heterocycles. The van der Waals surface area contributed by atoms with Gasteiger partial charge in [0.25, 0.3) is 0 Å². The van der Waals surface area contributed by atoms with E-state index in [9.17, 15) is 0 Å². The van der Waals surface area contributed by atoms with Gasteiger partial charge in [-0.2, -0.15) is 0 Å². The van der Waals surface area contributed by atoms with Crippen LogP contribution in [0.4, 0.5) is 0 Å². The molecule has 1 N–H and O–H groups in total. The van der Waals surface area contributed by atoms with Crippen LogP contribution in [0.15, 0.2) is 0 Å². The van der Waals surface area contributed by atoms with Crippen LogP contribution in [-0.4, -0.2) is 36.1 Å². The van der Waals surface area contributed by atoms with Gasteiger partial charge < -0.3 is 5.32 Å². The highest BCUT2D eigenvalue weighted by molar-refractivity contribution is 5.02. The molecule has 2 fully saturated rings. The normalized spacial score (nSPS) is 35.4. The van der Waals surface area contributed by atoms with Gasteiger partial charge in [-0.25, -0.2) is 0 Å². The molecular formula is C13H26N2. The van der Waals surface area contributed by atoms with Gasteiger partial charge in [-0.1, -0.05) is 13.3 Å². The molecule has 15 heavy (non-hydrogen) atoms. The molecule has 1 aliphatic heterocycles. The van der Waals surface area contributed by atoms with E-state index in [1.54, 1.807) is 0 Å². The van der Waals surface area contributed by atoms with Crippen LogP contribution < -0.4 is 5.32 Å². The molecule has 2 atom stereocenters. The van der Waals surface area contributed by atoms with Crippen molar-refractivity contribution in [3.05, 3.63) is 0 Å². The lowest BCUT2D eigenvalue weighted by molar-refractivity contribution is 0.0907. The summed E-state index contributed by atoms with van der Waals surface area (Å²) in [5.74, 6) is 0.953. The molecular weight excluding hydrogens is 184 g/mol. The minimum atomic E-state index is 0.417. The standard InChI is InChI=1S/C13H26N2/c1-4-5-11(2)15-9-8-14-13(3,10-15)12-6-7-12/h11-12,14H,4-10H2,1-3H3. The lowest BCUT2D eigenvalue weighted by Crippen LogP contribution is -2.61. The highest BCUT2D eigenvalue weighted by atomic mass is 15.2. The Hall–Kier alpha value is -0.0800. The van der Waals surface area contributed by atoms with Crippen molar-refractivity contribution in [1.82, 2.24) is 10.2 Å². The third-order valence-electron chi connectivity index (χ3n) is 4.27. The molecule has 1 saturated carbocycles. The first-order valence-electron chi connectivity index (χ1n) is 6.65. The summed E-state index contributed by atoms with van der Waals surface area (Å²) in [7, 11) is 0. The molecule has 0 spiro atoms. The first-order valence-corrected chi connectivity index (χ1v) is 6.65. The molecule has 0 aromatic heterocycles. The second-order valence-electron chi connectivity index (χ2n) is 5.73. The third-order valence-corrected chi connectivity index (χ3v) is 4.27. The molecule has 1 aliphatic carbocycles. The van der Waals surface area contributed by atoms with Crippen molar-refractivity contribution in [1.29, 1.82) is 0 Å². The molecule has 0 bridgehead atoms. The predicted octanol–water partition coefficient (Wildman–Crippen LogP) is 2.25. The van der Waals surface area contributed by atoms with Crippen LogP contribution in [0.1, 0.15) is 46.5 Å². The topological polar surface area (TPSA) is 15.3 Å². The van der Waals surface area contributed by atoms with E-state index in [0.717, 1.165) is 12.0 Å². The lowest BCUT2D eigenvalue weighted by atomic mass is 9.92. The van der Waals surface area contributed by atoms with Crippen molar-refractivity contribution in [2.24, 2.45) is 5.92 Å². The van der Waals surface area contributed by atoms with Crippen LogP contribution in [0.5, 0.6) is 0 Å². The van der Waals surface area contributed by atoms with Gasteiger partial charge in [0.2, 0.25) is 0 Å². The van der Waals surface area contributed by atoms with Crippen molar-refractivity contribution >= 4 is 0 Å². The Morgan fingerprint density at radius 3 is 2.80 bits per heavy atom. The molecule has 88 valence electrons. The Morgan fingerprint density at radius 1 is 1.47 bits per heavy atom. The maximum Gasteiger partial charge on any atom is 0.0309 e. The van der Waals surface area contributed by atoms with Crippen LogP contribution in [0, 0.1) is 5.92 Å². The molecule has 0 amide bonds. The number of hydrogen-bond donors (Lipinski definition) is 1. The summed E-state index contributed by atoms with van der Waals surface area (Å²) in [5, 5.41) is 3.74. The fourth-order valence-electron chi connectivity index (χ4n) is 3.01. The average Bonchev–Trinajstić information content (AvgIpc) is 3.01. The Labute approximate surface area is 94.4 Å². The van der Waals surface area contributed by atoms with Crippen molar-refractivity contribution in [3.8, 4) is 0 Å². The molecule has 2 rings (SSSR count). The summed E-state index contributed by atoms with van der Waals surface area (Å²) in [5.41, 5.74) is 0.417. The minimum Gasteiger partial charge on any atom is -0.309 e. The van der Waals surface area contributed by atoms with Crippen molar-refractivity contribution in [2.75, 3.05) is 19.6 Å². The fourth-order valence-corrected chi connectivity index (χ4v) is 3.01. The molecule has 0 aromatic rings. The Kier molecular flexibility index (Phi) is 3.36. The van der Waals surface area contributed by atoms with Crippen LogP contribution in [0.25, 0.3) is 0 Å². The maximum absolute atomic E-state index is 3.74. The van der Waals surface area contributed by atoms with Crippen LogP contribution in [-0.2, 0) is 0 Å². The number of piperazine rings is 1. The van der Waals surface area contributed by atoms with E-state index in [1.165, 1.54) is 45.3 Å². The van der Waals surface area contributed by atoms with Crippen molar-refractivity contribution in [2.45, 2.75) is 58.0 Å². The van der Waals surface area contributed by atoms with Gasteiger partial charge >= 0.3 is 0 Å². The Bertz CT molecular complexity index is 213. The Morgan fingerprint density at radius 2 is 2.20 bits per heavy atom. The first-order chi connectivity index (χ1) is 7.15. The van der Waals surface area contributed by atoms with Gasteiger partial charge in [-0.15, -0.1) is 0 Å². The summed E-state index contributed by atoms with van der Waals surface area (Å²) in [6.45, 7) is 10.8. The largest absolute Gasteiger partial charge is 0.309 e. The molecule has 0 radical (unpaired) electrons. The van der Waals surface area contributed by atoms with Crippen molar-refractivity contribution < 1.29 is 0 Å². The SMILES string of the molecule is CCCC(C)N1CCNC(C)(C2CC2)C1. The number of hydrogen-bond acceptors (Lipinski definition) is 2. The lowest BCUT2D eigenvalue weighted by Gasteiger charge is -2.44. The van der Waals surface area contributed by atoms with Gasteiger partial charge in [-0.3, -0.25) is 4.90 Å². The van der Waals surface area contributed by atoms with Crippen molar-refractivity contribution in [3.63, 3.8) is 0 Å². The van der Waals surface area contributed by atoms with Crippen LogP contribution in [0.3, 0.4) is 0 Å². The molecule has 0 aromatic carbocycles. The summed E-state index contributed by atoms with van der Waals surface area (Å²) < 4.78 is 0. The maximum atomic E-state index is 3.74. The number of nitrogens with one attached hydrogen (secondary N) is 1. The minimum absolute atomic E-state index is 0.417. The smallest absolute Gasteiger partial charge is 0.0309 e. The summed E-state index contributed by atoms with van der Waals surface area (Å²) in [6, 6.07) is 0.773. The number of nitrogens with zero attached hydrogens (tertiary/aromatic N) is 1. The monoisotopic (exact) mass is 210 g/mol. The molecule has 2 nitrogen and oxygen atoms in total. The van der Waals surface area contributed by atoms with E-state index >= 15 is 0 Å². The van der Waals surface area contributed by atoms with Gasteiger partial charge in [0.05, 0.1) is 0 Å². The first kappa shape index (κ1) is 11.4. The Balaban J connectivity index is 1.91. The predicted molar refractivity (Wildman–Crippen MR) is 65.1 cm³/mol. The zero-order chi connectivity index (χ0) is 10.9. The van der Waals surface area contributed by atoms with Crippen LogP contribution in [0.2, 0.25) is 0 Å². The third kappa shape index (κ3) is 2.54. The quantitative estimate of drug-likeness (QED) is 0.765. The van der Waals surface area contributed by atoms with E-state index in [0.29, 0.717) is 5.54 Å². The van der Waals surface area contributed by atoms with E-state index in [4.69, 9.17) is 0 Å². The second-order valence-corrected chi connectivity index (χ2v) is 5.73. The molecule has 2 heteroatoms. The zero-order valence-corrected chi connectivity index (χ0v) is 10.6. The van der Waals surface area contributed by atoms with Gasteiger partial charge in [0, 0.05) is 31.2 Å². The molecule has 2 aliphatic rings. The second kappa shape index (κ2) is 4.42. The van der Waals surface area contributed by atoms with Gasteiger partial charge in [0.15, 0.2) is 0 Å². The summed E-state index contributed by atoms with van der Waals surface area (Å²) in [4.78, 5) is 2.69. The van der Waals surface area contributed by atoms with E-state index in [1.807, 2.05) is 0 Å². The van der Waals surface area contributed by atoms with E-state index in [2.05, 4.69) is 31.0 Å². The van der Waals surface area contributed by atoms with Gasteiger partial charge in [-0.05, 0) is 39.0 Å². The van der Waals surface area contributed by atoms with E-state index in [-0.39, 0.29) is 0 Å². The highest BCUT2D eigenvalue weighted by Crippen LogP contribution is 2.41. The average molecular weight is 210 g/mol.